The van der Waals surface area contributed by atoms with E-state index in [4.69, 9.17) is 11.6 Å². The minimum Gasteiger partial charge on any atom is -0.357 e. The Morgan fingerprint density at radius 2 is 2.10 bits per heavy atom. The molecule has 0 aliphatic heterocycles. The zero-order chi connectivity index (χ0) is 15.7. The highest BCUT2D eigenvalue weighted by Gasteiger charge is 2.02. The Labute approximate surface area is 131 Å². The van der Waals surface area contributed by atoms with E-state index in [1.54, 1.807) is 0 Å². The van der Waals surface area contributed by atoms with Crippen LogP contribution in [0.1, 0.15) is 12.5 Å². The summed E-state index contributed by atoms with van der Waals surface area (Å²) in [6.45, 7) is 3.64. The van der Waals surface area contributed by atoms with Crippen molar-refractivity contribution in [1.29, 1.82) is 0 Å². The molecule has 0 spiro atoms. The van der Waals surface area contributed by atoms with Crippen molar-refractivity contribution in [3.8, 4) is 0 Å². The molecule has 0 fully saturated rings. The summed E-state index contributed by atoms with van der Waals surface area (Å²) in [5.74, 6) is 0.681. The second-order valence-electron chi connectivity index (χ2n) is 4.70. The minimum absolute atomic E-state index is 0.0534. The highest BCUT2D eigenvalue weighted by atomic mass is 35.5. The highest BCUT2D eigenvalue weighted by Crippen LogP contribution is 2.10. The van der Waals surface area contributed by atoms with E-state index in [1.165, 1.54) is 6.26 Å². The minimum atomic E-state index is -2.98. The molecule has 0 aliphatic rings. The lowest BCUT2D eigenvalue weighted by Gasteiger charge is -2.11. The first kappa shape index (κ1) is 17.8. The lowest BCUT2D eigenvalue weighted by atomic mass is 10.1. The number of guanidine groups is 1. The van der Waals surface area contributed by atoms with Gasteiger partial charge in [0.1, 0.15) is 9.84 Å². The summed E-state index contributed by atoms with van der Waals surface area (Å²) < 4.78 is 22.2. The van der Waals surface area contributed by atoms with Crippen LogP contribution in [0.3, 0.4) is 0 Å². The molecule has 0 amide bonds. The fourth-order valence-electron chi connectivity index (χ4n) is 1.68. The SMILES string of the molecule is CCNC(=NCCS(C)(=O)=O)NCCc1cccc(Cl)c1. The molecule has 0 atom stereocenters. The average Bonchev–Trinajstić information content (AvgIpc) is 2.37. The molecule has 1 aromatic rings. The van der Waals surface area contributed by atoms with Crippen molar-refractivity contribution in [2.75, 3.05) is 31.6 Å². The fourth-order valence-corrected chi connectivity index (χ4v) is 2.32. The monoisotopic (exact) mass is 331 g/mol. The van der Waals surface area contributed by atoms with E-state index in [1.807, 2.05) is 31.2 Å². The predicted octanol–water partition coefficient (Wildman–Crippen LogP) is 1.48. The summed E-state index contributed by atoms with van der Waals surface area (Å²) in [5, 5.41) is 6.98. The standard InChI is InChI=1S/C14H22ClN3O2S/c1-3-16-14(18-9-10-21(2,19)20)17-8-7-12-5-4-6-13(15)11-12/h4-6,11H,3,7-10H2,1-2H3,(H2,16,17,18). The van der Waals surface area contributed by atoms with Gasteiger partial charge in [0.05, 0.1) is 12.3 Å². The Kier molecular flexibility index (Phi) is 7.53. The van der Waals surface area contributed by atoms with E-state index >= 15 is 0 Å². The molecule has 2 N–H and O–H groups in total. The summed E-state index contributed by atoms with van der Waals surface area (Å²) >= 11 is 5.93. The van der Waals surface area contributed by atoms with Gasteiger partial charge >= 0.3 is 0 Å². The third-order valence-corrected chi connectivity index (χ3v) is 3.83. The molecule has 1 rings (SSSR count). The molecule has 0 heterocycles. The van der Waals surface area contributed by atoms with Crippen LogP contribution in [0.25, 0.3) is 0 Å². The zero-order valence-corrected chi connectivity index (χ0v) is 14.0. The molecule has 0 saturated heterocycles. The van der Waals surface area contributed by atoms with Gasteiger partial charge in [-0.05, 0) is 31.0 Å². The molecule has 21 heavy (non-hydrogen) atoms. The molecule has 0 unspecified atom stereocenters. The van der Waals surface area contributed by atoms with Crippen LogP contribution < -0.4 is 10.6 Å². The fraction of sp³-hybridized carbons (Fsp3) is 0.500. The average molecular weight is 332 g/mol. The lowest BCUT2D eigenvalue weighted by molar-refractivity contribution is 0.601. The Bertz CT molecular complexity index is 573. The van der Waals surface area contributed by atoms with Crippen LogP contribution in [0.4, 0.5) is 0 Å². The van der Waals surface area contributed by atoms with E-state index in [0.717, 1.165) is 23.6 Å². The van der Waals surface area contributed by atoms with Crippen LogP contribution in [-0.4, -0.2) is 46.0 Å². The smallest absolute Gasteiger partial charge is 0.191 e. The molecule has 7 heteroatoms. The predicted molar refractivity (Wildman–Crippen MR) is 88.8 cm³/mol. The number of rotatable bonds is 7. The molecule has 5 nitrogen and oxygen atoms in total. The third-order valence-electron chi connectivity index (χ3n) is 2.67. The van der Waals surface area contributed by atoms with E-state index in [2.05, 4.69) is 15.6 Å². The van der Waals surface area contributed by atoms with Crippen molar-refractivity contribution >= 4 is 27.4 Å². The van der Waals surface area contributed by atoms with Gasteiger partial charge in [0.25, 0.3) is 0 Å². The number of benzene rings is 1. The van der Waals surface area contributed by atoms with Gasteiger partial charge in [-0.3, -0.25) is 4.99 Å². The zero-order valence-electron chi connectivity index (χ0n) is 12.4. The van der Waals surface area contributed by atoms with Crippen LogP contribution >= 0.6 is 11.6 Å². The maximum absolute atomic E-state index is 11.1. The number of nitrogens with one attached hydrogen (secondary N) is 2. The van der Waals surface area contributed by atoms with E-state index < -0.39 is 9.84 Å². The molecule has 0 aliphatic carbocycles. The Balaban J connectivity index is 2.45. The van der Waals surface area contributed by atoms with E-state index in [0.29, 0.717) is 12.5 Å². The van der Waals surface area contributed by atoms with Crippen LogP contribution in [0.2, 0.25) is 5.02 Å². The summed E-state index contributed by atoms with van der Waals surface area (Å²) in [4.78, 5) is 4.24. The number of hydrogen-bond donors (Lipinski definition) is 2. The first-order valence-electron chi connectivity index (χ1n) is 6.85. The quantitative estimate of drug-likeness (QED) is 0.586. The summed E-state index contributed by atoms with van der Waals surface area (Å²) in [6.07, 6.45) is 2.03. The number of aliphatic imine (C=N–C) groups is 1. The molecular weight excluding hydrogens is 310 g/mol. The number of sulfone groups is 1. The second kappa shape index (κ2) is 8.89. The van der Waals surface area contributed by atoms with E-state index in [9.17, 15) is 8.42 Å². The molecule has 1 aromatic carbocycles. The maximum Gasteiger partial charge on any atom is 0.191 e. The third kappa shape index (κ3) is 8.57. The van der Waals surface area contributed by atoms with Crippen LogP contribution in [-0.2, 0) is 16.3 Å². The maximum atomic E-state index is 11.1. The second-order valence-corrected chi connectivity index (χ2v) is 7.39. The molecule has 118 valence electrons. The van der Waals surface area contributed by atoms with Crippen molar-refractivity contribution < 1.29 is 8.42 Å². The summed E-state index contributed by atoms with van der Waals surface area (Å²) in [7, 11) is -2.98. The molecule has 0 bridgehead atoms. The van der Waals surface area contributed by atoms with Crippen molar-refractivity contribution in [2.24, 2.45) is 4.99 Å². The van der Waals surface area contributed by atoms with Crippen molar-refractivity contribution in [3.05, 3.63) is 34.9 Å². The van der Waals surface area contributed by atoms with Gasteiger partial charge in [-0.25, -0.2) is 8.42 Å². The molecule has 0 radical (unpaired) electrons. The van der Waals surface area contributed by atoms with Crippen molar-refractivity contribution in [2.45, 2.75) is 13.3 Å². The summed E-state index contributed by atoms with van der Waals surface area (Å²) in [5.41, 5.74) is 1.14. The lowest BCUT2D eigenvalue weighted by Crippen LogP contribution is -2.38. The number of nitrogens with zero attached hydrogens (tertiary/aromatic N) is 1. The van der Waals surface area contributed by atoms with Crippen molar-refractivity contribution in [1.82, 2.24) is 10.6 Å². The Morgan fingerprint density at radius 3 is 2.71 bits per heavy atom. The number of hydrogen-bond acceptors (Lipinski definition) is 3. The van der Waals surface area contributed by atoms with E-state index in [-0.39, 0.29) is 12.3 Å². The highest BCUT2D eigenvalue weighted by molar-refractivity contribution is 7.90. The number of halogens is 1. The largest absolute Gasteiger partial charge is 0.357 e. The topological polar surface area (TPSA) is 70.6 Å². The van der Waals surface area contributed by atoms with Crippen LogP contribution in [0.15, 0.2) is 29.3 Å². The van der Waals surface area contributed by atoms with Crippen LogP contribution in [0.5, 0.6) is 0 Å². The first-order chi connectivity index (χ1) is 9.90. The van der Waals surface area contributed by atoms with Gasteiger partial charge in [0, 0.05) is 24.4 Å². The first-order valence-corrected chi connectivity index (χ1v) is 9.29. The van der Waals surface area contributed by atoms with Crippen LogP contribution in [0, 0.1) is 0 Å². The molecular formula is C14H22ClN3O2S. The Morgan fingerprint density at radius 1 is 1.33 bits per heavy atom. The van der Waals surface area contributed by atoms with Gasteiger partial charge in [-0.1, -0.05) is 23.7 Å². The van der Waals surface area contributed by atoms with Gasteiger partial charge in [-0.2, -0.15) is 0 Å². The molecule has 0 aromatic heterocycles. The summed E-state index contributed by atoms with van der Waals surface area (Å²) in [6, 6.07) is 7.70. The molecule has 0 saturated carbocycles. The van der Waals surface area contributed by atoms with Gasteiger partial charge in [-0.15, -0.1) is 0 Å². The Hall–Kier alpha value is -1.27. The normalized spacial score (nSPS) is 12.2. The van der Waals surface area contributed by atoms with Gasteiger partial charge < -0.3 is 10.6 Å². The van der Waals surface area contributed by atoms with Gasteiger partial charge in [0.2, 0.25) is 0 Å². The van der Waals surface area contributed by atoms with Crippen molar-refractivity contribution in [3.63, 3.8) is 0 Å². The van der Waals surface area contributed by atoms with Gasteiger partial charge in [0.15, 0.2) is 5.96 Å².